The van der Waals surface area contributed by atoms with E-state index < -0.39 is 0 Å². The largest absolute Gasteiger partial charge is 0.369 e. The van der Waals surface area contributed by atoms with Gasteiger partial charge in [0.05, 0.1) is 0 Å². The molecule has 2 nitrogen and oxygen atoms in total. The van der Waals surface area contributed by atoms with E-state index in [4.69, 9.17) is 5.73 Å². The summed E-state index contributed by atoms with van der Waals surface area (Å²) in [6.45, 7) is 12.0. The van der Waals surface area contributed by atoms with Crippen molar-refractivity contribution in [2.45, 2.75) is 53.4 Å². The minimum absolute atomic E-state index is 0.115. The van der Waals surface area contributed by atoms with Crippen LogP contribution in [0.25, 0.3) is 0 Å². The van der Waals surface area contributed by atoms with E-state index in [1.165, 1.54) is 12.0 Å². The van der Waals surface area contributed by atoms with Crippen LogP contribution in [0.15, 0.2) is 24.3 Å². The zero-order valence-corrected chi connectivity index (χ0v) is 13.9. The normalized spacial score (nSPS) is 14.9. The van der Waals surface area contributed by atoms with E-state index in [1.807, 2.05) is 38.6 Å². The van der Waals surface area contributed by atoms with Crippen LogP contribution >= 0.6 is 11.8 Å². The maximum Gasteiger partial charge on any atom is 0.220 e. The summed E-state index contributed by atoms with van der Waals surface area (Å²) in [6.07, 6.45) is 8.38. The topological polar surface area (TPSA) is 43.1 Å². The molecule has 0 bridgehead atoms. The van der Waals surface area contributed by atoms with E-state index in [0.717, 1.165) is 30.8 Å². The predicted molar refractivity (Wildman–Crippen MR) is 89.5 cm³/mol. The Morgan fingerprint density at radius 1 is 1.37 bits per heavy atom. The van der Waals surface area contributed by atoms with Crippen molar-refractivity contribution in [3.63, 3.8) is 0 Å². The minimum atomic E-state index is -0.115. The first-order valence-corrected chi connectivity index (χ1v) is 8.44. The molecule has 19 heavy (non-hydrogen) atoms. The van der Waals surface area contributed by atoms with Gasteiger partial charge in [-0.3, -0.25) is 4.79 Å². The SMILES string of the molecule is C=C(/C=C\C)CCC.CC.NC(=O)C1CCSCC1. The Labute approximate surface area is 123 Å². The van der Waals surface area contributed by atoms with Gasteiger partial charge in [0.25, 0.3) is 0 Å². The molecule has 1 rings (SSSR count). The molecule has 2 N–H and O–H groups in total. The predicted octanol–water partition coefficient (Wildman–Crippen LogP) is 4.56. The lowest BCUT2D eigenvalue weighted by Crippen LogP contribution is -2.26. The number of primary amides is 1. The molecule has 0 aromatic carbocycles. The highest BCUT2D eigenvalue weighted by Crippen LogP contribution is 2.21. The highest BCUT2D eigenvalue weighted by molar-refractivity contribution is 7.99. The zero-order chi connectivity index (χ0) is 15.1. The maximum atomic E-state index is 10.6. The third kappa shape index (κ3) is 13.5. The maximum absolute atomic E-state index is 10.6. The second kappa shape index (κ2) is 15.4. The number of carbonyl (C=O) groups excluding carboxylic acids is 1. The molecule has 1 amide bonds. The Kier molecular flexibility index (Phi) is 16.7. The number of nitrogens with two attached hydrogens (primary N) is 1. The van der Waals surface area contributed by atoms with E-state index in [-0.39, 0.29) is 11.8 Å². The van der Waals surface area contributed by atoms with Crippen LogP contribution < -0.4 is 5.73 Å². The van der Waals surface area contributed by atoms with E-state index in [9.17, 15) is 4.79 Å². The van der Waals surface area contributed by atoms with Crippen LogP contribution in [0.3, 0.4) is 0 Å². The Morgan fingerprint density at radius 2 is 1.89 bits per heavy atom. The fourth-order valence-electron chi connectivity index (χ4n) is 1.62. The lowest BCUT2D eigenvalue weighted by molar-refractivity contribution is -0.121. The highest BCUT2D eigenvalue weighted by Gasteiger charge is 2.17. The smallest absolute Gasteiger partial charge is 0.220 e. The third-order valence-electron chi connectivity index (χ3n) is 2.60. The summed E-state index contributed by atoms with van der Waals surface area (Å²) in [5, 5.41) is 0. The molecule has 1 heterocycles. The third-order valence-corrected chi connectivity index (χ3v) is 3.65. The lowest BCUT2D eigenvalue weighted by atomic mass is 10.0. The molecular weight excluding hydrogens is 254 g/mol. The second-order valence-electron chi connectivity index (χ2n) is 4.20. The molecule has 0 aromatic rings. The zero-order valence-electron chi connectivity index (χ0n) is 13.1. The first kappa shape index (κ1) is 20.6. The van der Waals surface area contributed by atoms with E-state index in [0.29, 0.717) is 0 Å². The van der Waals surface area contributed by atoms with Crippen LogP contribution in [0.5, 0.6) is 0 Å². The first-order valence-electron chi connectivity index (χ1n) is 7.29. The molecule has 0 unspecified atom stereocenters. The van der Waals surface area contributed by atoms with Crippen molar-refractivity contribution in [1.82, 2.24) is 0 Å². The van der Waals surface area contributed by atoms with E-state index >= 15 is 0 Å². The molecule has 0 atom stereocenters. The number of hydrogen-bond donors (Lipinski definition) is 1. The summed E-state index contributed by atoms with van der Waals surface area (Å²) in [5.74, 6) is 2.27. The van der Waals surface area contributed by atoms with Gasteiger partial charge in [0.15, 0.2) is 0 Å². The van der Waals surface area contributed by atoms with Crippen molar-refractivity contribution >= 4 is 17.7 Å². The summed E-state index contributed by atoms with van der Waals surface area (Å²) in [7, 11) is 0. The fourth-order valence-corrected chi connectivity index (χ4v) is 2.73. The summed E-state index contributed by atoms with van der Waals surface area (Å²) < 4.78 is 0. The van der Waals surface area contributed by atoms with Crippen LogP contribution in [0.1, 0.15) is 53.4 Å². The van der Waals surface area contributed by atoms with Crippen LogP contribution in [0, 0.1) is 5.92 Å². The number of hydrogen-bond acceptors (Lipinski definition) is 2. The molecular formula is C16H31NOS. The van der Waals surface area contributed by atoms with Crippen molar-refractivity contribution in [3.05, 3.63) is 24.3 Å². The van der Waals surface area contributed by atoms with E-state index in [1.54, 1.807) is 0 Å². The summed E-state index contributed by atoms with van der Waals surface area (Å²) in [5.41, 5.74) is 6.35. The molecule has 0 radical (unpaired) electrons. The molecule has 0 spiro atoms. The van der Waals surface area contributed by atoms with Crippen LogP contribution in [-0.4, -0.2) is 17.4 Å². The number of rotatable bonds is 4. The number of amides is 1. The Morgan fingerprint density at radius 3 is 2.21 bits per heavy atom. The Balaban J connectivity index is 0. The van der Waals surface area contributed by atoms with Crippen molar-refractivity contribution in [3.8, 4) is 0 Å². The summed E-state index contributed by atoms with van der Waals surface area (Å²) in [6, 6.07) is 0. The molecule has 0 aliphatic carbocycles. The summed E-state index contributed by atoms with van der Waals surface area (Å²) >= 11 is 1.91. The van der Waals surface area contributed by atoms with Gasteiger partial charge >= 0.3 is 0 Å². The molecule has 3 heteroatoms. The standard InChI is InChI=1S/C8H14.C6H11NOS.C2H6/c1-4-6-8(3)7-5-2;7-6(8)5-1-3-9-4-2-5;1-2/h4,6H,3,5,7H2,1-2H3;5H,1-4H2,(H2,7,8);1-2H3/b6-4-;;. The summed E-state index contributed by atoms with van der Waals surface area (Å²) in [4.78, 5) is 10.6. The molecule has 1 aliphatic rings. The van der Waals surface area contributed by atoms with Gasteiger partial charge in [-0.2, -0.15) is 11.8 Å². The molecule has 112 valence electrons. The average Bonchev–Trinajstić information content (AvgIpc) is 2.43. The number of thioether (sulfide) groups is 1. The monoisotopic (exact) mass is 285 g/mol. The van der Waals surface area contributed by atoms with Gasteiger partial charge < -0.3 is 5.73 Å². The Bertz CT molecular complexity index is 255. The van der Waals surface area contributed by atoms with Gasteiger partial charge in [0.2, 0.25) is 5.91 Å². The van der Waals surface area contributed by atoms with Gasteiger partial charge in [-0.15, -0.1) is 0 Å². The fraction of sp³-hybridized carbons (Fsp3) is 0.688. The van der Waals surface area contributed by atoms with Gasteiger partial charge in [-0.05, 0) is 37.7 Å². The molecule has 0 aromatic heterocycles. The number of allylic oxidation sites excluding steroid dienone is 3. The van der Waals surface area contributed by atoms with Crippen molar-refractivity contribution in [2.75, 3.05) is 11.5 Å². The van der Waals surface area contributed by atoms with Crippen LogP contribution in [0.4, 0.5) is 0 Å². The van der Waals surface area contributed by atoms with Gasteiger partial charge in [0.1, 0.15) is 0 Å². The Hall–Kier alpha value is -0.700. The van der Waals surface area contributed by atoms with Gasteiger partial charge in [-0.25, -0.2) is 0 Å². The number of carbonyl (C=O) groups is 1. The highest BCUT2D eigenvalue weighted by atomic mass is 32.2. The van der Waals surface area contributed by atoms with Gasteiger partial charge in [0, 0.05) is 5.92 Å². The minimum Gasteiger partial charge on any atom is -0.369 e. The lowest BCUT2D eigenvalue weighted by Gasteiger charge is -2.17. The van der Waals surface area contributed by atoms with Crippen molar-refractivity contribution in [2.24, 2.45) is 11.7 Å². The van der Waals surface area contributed by atoms with Crippen molar-refractivity contribution in [1.29, 1.82) is 0 Å². The quantitative estimate of drug-likeness (QED) is 0.769. The van der Waals surface area contributed by atoms with Crippen molar-refractivity contribution < 1.29 is 4.79 Å². The average molecular weight is 285 g/mol. The molecule has 1 aliphatic heterocycles. The molecule has 0 saturated carbocycles. The second-order valence-corrected chi connectivity index (χ2v) is 5.42. The van der Waals surface area contributed by atoms with E-state index in [2.05, 4.69) is 19.6 Å². The molecule has 1 saturated heterocycles. The van der Waals surface area contributed by atoms with Crippen LogP contribution in [-0.2, 0) is 4.79 Å². The van der Waals surface area contributed by atoms with Crippen LogP contribution in [0.2, 0.25) is 0 Å². The molecule has 1 fully saturated rings. The van der Waals surface area contributed by atoms with Gasteiger partial charge in [-0.1, -0.05) is 51.5 Å². The first-order chi connectivity index (χ1) is 9.11.